The number of rotatable bonds is 6. The summed E-state index contributed by atoms with van der Waals surface area (Å²) in [7, 11) is 0. The van der Waals surface area contributed by atoms with Crippen LogP contribution in [-0.2, 0) is 0 Å². The van der Waals surface area contributed by atoms with E-state index in [-0.39, 0.29) is 5.91 Å². The Balaban J connectivity index is 1.24. The molecule has 0 saturated carbocycles. The first-order chi connectivity index (χ1) is 16.6. The number of aryl methyl sites for hydroxylation is 1. The maximum Gasteiger partial charge on any atom is 0.255 e. The average molecular weight is 445 g/mol. The lowest BCUT2D eigenvalue weighted by molar-refractivity contribution is 0.102. The maximum absolute atomic E-state index is 12.7. The van der Waals surface area contributed by atoms with Gasteiger partial charge < -0.3 is 16.0 Å². The molecular formula is C29H24N4O. The van der Waals surface area contributed by atoms with Crippen molar-refractivity contribution in [2.45, 2.75) is 6.92 Å². The molecular weight excluding hydrogens is 420 g/mol. The van der Waals surface area contributed by atoms with Gasteiger partial charge in [-0.1, -0.05) is 29.8 Å². The van der Waals surface area contributed by atoms with E-state index in [9.17, 15) is 4.79 Å². The molecule has 0 spiro atoms. The predicted molar refractivity (Wildman–Crippen MR) is 140 cm³/mol. The molecule has 0 saturated heterocycles. The van der Waals surface area contributed by atoms with Gasteiger partial charge in [0, 0.05) is 45.6 Å². The number of nitrogens with zero attached hydrogens (tertiary/aromatic N) is 1. The zero-order valence-corrected chi connectivity index (χ0v) is 18.7. The number of pyridine rings is 1. The predicted octanol–water partition coefficient (Wildman–Crippen LogP) is 7.28. The SMILES string of the molecule is Cc1ccc2nccc(Nc3ccc(NC(=O)c4ccc(Nc5ccccc5)cc4)cc3)c2c1. The number of benzene rings is 4. The van der Waals surface area contributed by atoms with Crippen LogP contribution in [0.25, 0.3) is 10.9 Å². The molecule has 5 rings (SSSR count). The first-order valence-electron chi connectivity index (χ1n) is 11.1. The fourth-order valence-corrected chi connectivity index (χ4v) is 3.76. The third-order valence-electron chi connectivity index (χ3n) is 5.53. The van der Waals surface area contributed by atoms with Crippen LogP contribution < -0.4 is 16.0 Å². The summed E-state index contributed by atoms with van der Waals surface area (Å²) in [6.07, 6.45) is 1.80. The Hall–Kier alpha value is -4.64. The molecule has 0 aliphatic carbocycles. The number of para-hydroxylation sites is 1. The molecule has 5 aromatic rings. The number of hydrogen-bond acceptors (Lipinski definition) is 4. The first kappa shape index (κ1) is 21.2. The summed E-state index contributed by atoms with van der Waals surface area (Å²) in [4.78, 5) is 17.1. The molecule has 0 aliphatic heterocycles. The van der Waals surface area contributed by atoms with Gasteiger partial charge in [0.15, 0.2) is 0 Å². The van der Waals surface area contributed by atoms with Gasteiger partial charge in [0.05, 0.1) is 5.52 Å². The van der Waals surface area contributed by atoms with Crippen molar-refractivity contribution in [2.75, 3.05) is 16.0 Å². The summed E-state index contributed by atoms with van der Waals surface area (Å²) in [5.74, 6) is -0.150. The summed E-state index contributed by atoms with van der Waals surface area (Å²) in [6, 6.07) is 33.2. The Morgan fingerprint density at radius 3 is 2.09 bits per heavy atom. The summed E-state index contributed by atoms with van der Waals surface area (Å²) in [6.45, 7) is 2.07. The third-order valence-corrected chi connectivity index (χ3v) is 5.53. The molecule has 3 N–H and O–H groups in total. The van der Waals surface area contributed by atoms with Crippen molar-refractivity contribution in [1.29, 1.82) is 0 Å². The monoisotopic (exact) mass is 444 g/mol. The molecule has 1 amide bonds. The molecule has 166 valence electrons. The van der Waals surface area contributed by atoms with Crippen molar-refractivity contribution < 1.29 is 4.79 Å². The summed E-state index contributed by atoms with van der Waals surface area (Å²) >= 11 is 0. The molecule has 0 aliphatic rings. The van der Waals surface area contributed by atoms with Gasteiger partial charge in [0.1, 0.15) is 0 Å². The zero-order valence-electron chi connectivity index (χ0n) is 18.7. The number of carbonyl (C=O) groups excluding carboxylic acids is 1. The number of fused-ring (bicyclic) bond motifs is 1. The highest BCUT2D eigenvalue weighted by molar-refractivity contribution is 6.04. The van der Waals surface area contributed by atoms with Gasteiger partial charge in [-0.3, -0.25) is 9.78 Å². The summed E-state index contributed by atoms with van der Waals surface area (Å²) in [5.41, 5.74) is 7.32. The van der Waals surface area contributed by atoms with Crippen LogP contribution in [0.4, 0.5) is 28.4 Å². The van der Waals surface area contributed by atoms with E-state index in [1.54, 1.807) is 6.20 Å². The van der Waals surface area contributed by atoms with E-state index in [1.807, 2.05) is 91.0 Å². The normalized spacial score (nSPS) is 10.6. The smallest absolute Gasteiger partial charge is 0.255 e. The minimum absolute atomic E-state index is 0.150. The Kier molecular flexibility index (Phi) is 5.91. The van der Waals surface area contributed by atoms with Crippen molar-refractivity contribution in [3.63, 3.8) is 0 Å². The van der Waals surface area contributed by atoms with Crippen molar-refractivity contribution in [3.8, 4) is 0 Å². The topological polar surface area (TPSA) is 66.0 Å². The molecule has 34 heavy (non-hydrogen) atoms. The van der Waals surface area contributed by atoms with Gasteiger partial charge in [-0.25, -0.2) is 0 Å². The maximum atomic E-state index is 12.7. The van der Waals surface area contributed by atoms with Crippen molar-refractivity contribution in [2.24, 2.45) is 0 Å². The van der Waals surface area contributed by atoms with E-state index in [2.05, 4.69) is 40.0 Å². The largest absolute Gasteiger partial charge is 0.356 e. The van der Waals surface area contributed by atoms with Crippen molar-refractivity contribution >= 4 is 45.2 Å². The number of nitrogens with one attached hydrogen (secondary N) is 3. The minimum Gasteiger partial charge on any atom is -0.356 e. The van der Waals surface area contributed by atoms with Gasteiger partial charge in [-0.15, -0.1) is 0 Å². The molecule has 5 nitrogen and oxygen atoms in total. The van der Waals surface area contributed by atoms with Crippen LogP contribution in [0.5, 0.6) is 0 Å². The Labute approximate surface area is 198 Å². The van der Waals surface area contributed by atoms with E-state index in [0.29, 0.717) is 5.56 Å². The van der Waals surface area contributed by atoms with E-state index >= 15 is 0 Å². The van der Waals surface area contributed by atoms with Crippen LogP contribution in [0.1, 0.15) is 15.9 Å². The fraction of sp³-hybridized carbons (Fsp3) is 0.0345. The molecule has 0 radical (unpaired) electrons. The van der Waals surface area contributed by atoms with Crippen LogP contribution in [0.3, 0.4) is 0 Å². The van der Waals surface area contributed by atoms with E-state index in [1.165, 1.54) is 5.56 Å². The quantitative estimate of drug-likeness (QED) is 0.257. The molecule has 5 heteroatoms. The second-order valence-electron chi connectivity index (χ2n) is 8.10. The summed E-state index contributed by atoms with van der Waals surface area (Å²) in [5, 5.41) is 10.8. The van der Waals surface area contributed by atoms with E-state index < -0.39 is 0 Å². The lowest BCUT2D eigenvalue weighted by atomic mass is 10.1. The standard InChI is InChI=1S/C29H24N4O/c1-20-7-16-27-26(19-20)28(17-18-30-27)32-24-12-14-25(15-13-24)33-29(34)21-8-10-23(11-9-21)31-22-5-3-2-4-6-22/h2-19,31H,1H3,(H,30,32)(H,33,34). The second-order valence-corrected chi connectivity index (χ2v) is 8.10. The highest BCUT2D eigenvalue weighted by atomic mass is 16.1. The van der Waals surface area contributed by atoms with Crippen LogP contribution >= 0.6 is 0 Å². The molecule has 0 fully saturated rings. The van der Waals surface area contributed by atoms with Gasteiger partial charge in [-0.2, -0.15) is 0 Å². The fourth-order valence-electron chi connectivity index (χ4n) is 3.76. The van der Waals surface area contributed by atoms with Gasteiger partial charge in [0.25, 0.3) is 5.91 Å². The van der Waals surface area contributed by atoms with Crippen molar-refractivity contribution in [1.82, 2.24) is 4.98 Å². The third kappa shape index (κ3) is 4.89. The highest BCUT2D eigenvalue weighted by Crippen LogP contribution is 2.27. The molecule has 4 aromatic carbocycles. The number of carbonyl (C=O) groups is 1. The Morgan fingerprint density at radius 2 is 1.32 bits per heavy atom. The van der Waals surface area contributed by atoms with Gasteiger partial charge >= 0.3 is 0 Å². The lowest BCUT2D eigenvalue weighted by Gasteiger charge is -2.11. The average Bonchev–Trinajstić information content (AvgIpc) is 2.87. The second kappa shape index (κ2) is 9.46. The van der Waals surface area contributed by atoms with Crippen LogP contribution in [0, 0.1) is 6.92 Å². The number of hydrogen-bond donors (Lipinski definition) is 3. The van der Waals surface area contributed by atoms with E-state index in [0.717, 1.165) is 39.3 Å². The Morgan fingerprint density at radius 1 is 0.676 bits per heavy atom. The lowest BCUT2D eigenvalue weighted by Crippen LogP contribution is -2.11. The molecule has 0 bridgehead atoms. The van der Waals surface area contributed by atoms with Crippen LogP contribution in [0.15, 0.2) is 109 Å². The first-order valence-corrected chi connectivity index (χ1v) is 11.1. The molecule has 0 unspecified atom stereocenters. The van der Waals surface area contributed by atoms with Gasteiger partial charge in [0.2, 0.25) is 0 Å². The van der Waals surface area contributed by atoms with Crippen LogP contribution in [-0.4, -0.2) is 10.9 Å². The Bertz CT molecular complexity index is 1430. The number of aromatic nitrogens is 1. The number of amides is 1. The summed E-state index contributed by atoms with van der Waals surface area (Å²) < 4.78 is 0. The van der Waals surface area contributed by atoms with Crippen LogP contribution in [0.2, 0.25) is 0 Å². The van der Waals surface area contributed by atoms with Gasteiger partial charge in [-0.05, 0) is 85.8 Å². The number of anilines is 5. The van der Waals surface area contributed by atoms with Crippen molar-refractivity contribution in [3.05, 3.63) is 120 Å². The molecule has 1 heterocycles. The molecule has 1 aromatic heterocycles. The highest BCUT2D eigenvalue weighted by Gasteiger charge is 2.07. The van der Waals surface area contributed by atoms with E-state index in [4.69, 9.17) is 0 Å². The zero-order chi connectivity index (χ0) is 23.3. The minimum atomic E-state index is -0.150. The molecule has 0 atom stereocenters.